The van der Waals surface area contributed by atoms with Crippen LogP contribution in [0.3, 0.4) is 0 Å². The highest BCUT2D eigenvalue weighted by molar-refractivity contribution is 8.00. The van der Waals surface area contributed by atoms with Gasteiger partial charge in [-0.1, -0.05) is 6.42 Å². The predicted octanol–water partition coefficient (Wildman–Crippen LogP) is -20.4. The second-order valence-electron chi connectivity index (χ2n) is 31.7. The van der Waals surface area contributed by atoms with Gasteiger partial charge in [-0.15, -0.1) is 0 Å². The van der Waals surface area contributed by atoms with Gasteiger partial charge in [0, 0.05) is 69.7 Å². The average molecular weight is 1890 g/mol. The molecule has 8 aliphatic rings. The number of unbranched alkanes of at least 4 members (excludes halogenated alkanes) is 1. The number of thioether (sulfide) groups is 1. The summed E-state index contributed by atoms with van der Waals surface area (Å²) in [6.45, 7) is -22.8. The smallest absolute Gasteiger partial charge is 0.315 e. The molecule has 29 N–H and O–H groups in total. The van der Waals surface area contributed by atoms with Crippen LogP contribution in [0.5, 0.6) is 0 Å². The molecule has 10 amide bonds. The van der Waals surface area contributed by atoms with E-state index in [0.29, 0.717) is 44.6 Å². The highest BCUT2D eigenvalue weighted by Gasteiger charge is 2.51. The summed E-state index contributed by atoms with van der Waals surface area (Å²) >= 11 is 1.64. The Kier molecular flexibility index (Phi) is 43.8. The maximum Gasteiger partial charge on any atom is 0.315 e. The minimum absolute atomic E-state index is 0.0322. The van der Waals surface area contributed by atoms with Crippen LogP contribution in [0.15, 0.2) is 0 Å². The van der Waals surface area contributed by atoms with E-state index in [0.717, 1.165) is 9.80 Å². The number of carbonyl (C=O) groups excluding carboxylic acids is 9. The van der Waals surface area contributed by atoms with Gasteiger partial charge in [-0.05, 0) is 12.8 Å². The van der Waals surface area contributed by atoms with Crippen molar-refractivity contribution in [3.63, 3.8) is 0 Å². The first-order valence-electron chi connectivity index (χ1n) is 41.7. The summed E-state index contributed by atoms with van der Waals surface area (Å²) in [4.78, 5) is 133. The SMILES string of the molecule is NC(=O)CCN(CCO[C@H]1O[C@H](CO)[C@@H](O)[C@H](O)[C@@H]1O)C(=O)CN(CCO[C@H]1O[C@H](CO)[C@@H](O)[C@H](O)[C@@H]1O)C(=O)CN(CCO[C@H]1O[C@H](CO)[C@@H](O)[C@H](O)[C@@H]1O)C(=O)CN(CCO[C@H]1O[C@H](CO)[C@@H](O)[C@H](O)[C@@H]1O)C(=O)CN(CCO[C@H]1O[C@H](CO)[C@@H](O)[C@H](O)[C@@H]1O)C(=O)CN(CCO[C@H]1O[C@H](CO)[C@@H](O)[C@H](O)[C@@H]1O)C(=O)CNC(=O)CCCCC1SC[C@@H]2NC(=O)N[C@H]12. The number of ether oxygens (including phenoxy) is 12. The molecule has 8 aliphatic heterocycles. The second kappa shape index (κ2) is 52.1. The number of fused-ring (bicyclic) bond motifs is 1. The van der Waals surface area contributed by atoms with Gasteiger partial charge < -0.3 is 230 Å². The lowest BCUT2D eigenvalue weighted by Crippen LogP contribution is -2.59. The zero-order valence-corrected chi connectivity index (χ0v) is 70.8. The number of aliphatic hydroxyl groups is 24. The van der Waals surface area contributed by atoms with Crippen LogP contribution in [0.4, 0.5) is 4.79 Å². The predicted molar refractivity (Wildman–Crippen MR) is 419 cm³/mol. The number of primary amides is 1. The second-order valence-corrected chi connectivity index (χ2v) is 33.0. The van der Waals surface area contributed by atoms with Crippen LogP contribution in [-0.4, -0.2) is 577 Å². The molecule has 8 rings (SSSR count). The third-order valence-electron chi connectivity index (χ3n) is 22.8. The Hall–Kier alpha value is -6.06. The molecule has 8 heterocycles. The molecule has 0 radical (unpaired) electrons. The topological polar surface area (TPSA) is 831 Å². The van der Waals surface area contributed by atoms with Crippen LogP contribution < -0.4 is 21.7 Å². The van der Waals surface area contributed by atoms with E-state index in [-0.39, 0.29) is 29.8 Å². The van der Waals surface area contributed by atoms with Crippen LogP contribution >= 0.6 is 11.8 Å². The Morgan fingerprint density at radius 2 is 0.597 bits per heavy atom. The number of carbonyl (C=O) groups is 9. The van der Waals surface area contributed by atoms with Gasteiger partial charge in [0.15, 0.2) is 37.7 Å². The summed E-state index contributed by atoms with van der Waals surface area (Å²) in [7, 11) is 0. The molecule has 55 nitrogen and oxygen atoms in total. The zero-order valence-electron chi connectivity index (χ0n) is 69.9. The third kappa shape index (κ3) is 29.5. The Morgan fingerprint density at radius 1 is 0.341 bits per heavy atom. The fraction of sp³-hybridized carbons (Fsp3) is 0.877. The van der Waals surface area contributed by atoms with Crippen molar-refractivity contribution in [3.8, 4) is 0 Å². The third-order valence-corrected chi connectivity index (χ3v) is 24.4. The monoisotopic (exact) mass is 1890 g/mol. The quantitative estimate of drug-likeness (QED) is 0.0199. The first kappa shape index (κ1) is 108. The van der Waals surface area contributed by atoms with E-state index in [1.54, 1.807) is 11.8 Å². The van der Waals surface area contributed by atoms with Crippen molar-refractivity contribution in [1.82, 2.24) is 45.3 Å². The Balaban J connectivity index is 1.13. The standard InChI is InChI=1S/C73H124N10O45S/c74-40(90)5-6-78(7-13-117-67-61(110)55(104)49(98)33(25-84)123-67)43(93)20-80(9-15-119-69-63(112)57(106)51(100)35(27-86)125-69)45(95)22-82(11-17-121-71-65(114)59(108)53(102)37(29-88)127-71)47(97)24-83(12-18-122-72-66(115)60(109)54(103)38(30-89)128-72)46(96)23-81(10-16-120-70-64(113)58(107)52(101)36(28-87)126-70)44(94)21-79(8-14-118-68-62(111)56(105)50(99)34(26-85)124-68)42(92)19-75-41(91)4-2-1-3-39-48-32(31-129-39)76-73(116)77-48/h32-39,48-72,84-89,98-115H,1-31H2,(H2,74,90)(H,75,91)(H2,76,77,116)/t32-,33+,34+,35+,36+,37+,38+,39?,48-,49+,50+,51+,52+,53+,54+,55-,56-,57-,58-,59-,60-,61-,62-,63-,64-,65-,66-,67-,68-,69-,70-,71-,72-/m0/s1. The highest BCUT2D eigenvalue weighted by Crippen LogP contribution is 2.34. The summed E-state index contributed by atoms with van der Waals surface area (Å²) in [6, 6.07) is -0.515. The molecule has 8 saturated heterocycles. The van der Waals surface area contributed by atoms with Crippen LogP contribution in [0.1, 0.15) is 32.1 Å². The Labute approximate surface area is 740 Å². The lowest BCUT2D eigenvalue weighted by Gasteiger charge is -2.40. The first-order valence-corrected chi connectivity index (χ1v) is 42.8. The molecule has 0 aromatic carbocycles. The number of nitrogens with two attached hydrogens (primary N) is 1. The van der Waals surface area contributed by atoms with Crippen molar-refractivity contribution >= 4 is 65.1 Å². The van der Waals surface area contributed by atoms with E-state index in [4.69, 9.17) is 62.6 Å². The lowest BCUT2D eigenvalue weighted by atomic mass is 9.99. The molecule has 0 bridgehead atoms. The number of urea groups is 1. The van der Waals surface area contributed by atoms with Gasteiger partial charge >= 0.3 is 6.03 Å². The molecular formula is C73H124N10O45S. The van der Waals surface area contributed by atoms with Crippen molar-refractivity contribution in [2.45, 2.75) is 234 Å². The average Bonchev–Trinajstić information content (AvgIpc) is 1.60. The number of nitrogens with zero attached hydrogens (tertiary/aromatic N) is 6. The van der Waals surface area contributed by atoms with Crippen molar-refractivity contribution in [1.29, 1.82) is 0 Å². The minimum atomic E-state index is -2.12. The van der Waals surface area contributed by atoms with Crippen molar-refractivity contribution in [2.24, 2.45) is 5.73 Å². The number of nitrogens with one attached hydrogen (secondary N) is 3. The molecule has 0 saturated carbocycles. The highest BCUT2D eigenvalue weighted by atomic mass is 32.2. The number of rotatable bonds is 50. The molecule has 129 heavy (non-hydrogen) atoms. The van der Waals surface area contributed by atoms with Crippen LogP contribution in [0.25, 0.3) is 0 Å². The largest absolute Gasteiger partial charge is 0.394 e. The molecular weight excluding hydrogens is 1770 g/mol. The molecule has 0 spiro atoms. The minimum Gasteiger partial charge on any atom is -0.394 e. The Bertz CT molecular complexity index is 3510. The molecule has 1 unspecified atom stereocenters. The summed E-state index contributed by atoms with van der Waals surface area (Å²) in [5, 5.41) is 260. The molecule has 742 valence electrons. The van der Waals surface area contributed by atoms with E-state index in [1.807, 2.05) is 0 Å². The van der Waals surface area contributed by atoms with Gasteiger partial charge in [-0.3, -0.25) is 38.4 Å². The van der Waals surface area contributed by atoms with Crippen LogP contribution in [-0.2, 0) is 95.2 Å². The Morgan fingerprint density at radius 3 is 0.860 bits per heavy atom. The van der Waals surface area contributed by atoms with Gasteiger partial charge in [-0.25, -0.2) is 4.79 Å². The fourth-order valence-corrected chi connectivity index (χ4v) is 16.5. The fourth-order valence-electron chi connectivity index (χ4n) is 14.9. The van der Waals surface area contributed by atoms with Gasteiger partial charge in [-0.2, -0.15) is 11.8 Å². The van der Waals surface area contributed by atoms with E-state index in [1.165, 1.54) is 0 Å². The van der Waals surface area contributed by atoms with Gasteiger partial charge in [0.05, 0.1) is 131 Å². The summed E-state index contributed by atoms with van der Waals surface area (Å²) in [6.07, 6.45) is -55.8. The van der Waals surface area contributed by atoms with Crippen molar-refractivity contribution in [3.05, 3.63) is 0 Å². The maximum atomic E-state index is 15.6. The van der Waals surface area contributed by atoms with E-state index >= 15 is 19.2 Å². The van der Waals surface area contributed by atoms with Gasteiger partial charge in [0.1, 0.15) is 146 Å². The van der Waals surface area contributed by atoms with Crippen LogP contribution in [0.2, 0.25) is 0 Å². The van der Waals surface area contributed by atoms with Gasteiger partial charge in [0.25, 0.3) is 0 Å². The van der Waals surface area contributed by atoms with Crippen molar-refractivity contribution < 1.29 is 223 Å². The molecule has 33 atom stereocenters. The maximum absolute atomic E-state index is 15.6. The zero-order chi connectivity index (χ0) is 94.9. The lowest BCUT2D eigenvalue weighted by molar-refractivity contribution is -0.301. The first-order chi connectivity index (χ1) is 61.3. The summed E-state index contributed by atoms with van der Waals surface area (Å²) < 4.78 is 66.9. The molecule has 8 fully saturated rings. The molecule has 0 aliphatic carbocycles. The number of hydrogen-bond acceptors (Lipinski definition) is 46. The number of aliphatic hydroxyl groups excluding tert-OH is 24. The normalized spacial score (nSPS) is 35.7. The summed E-state index contributed by atoms with van der Waals surface area (Å²) in [5.74, 6) is -8.37. The summed E-state index contributed by atoms with van der Waals surface area (Å²) in [5.41, 5.74) is 5.48. The molecule has 0 aromatic heterocycles. The van der Waals surface area contributed by atoms with Crippen LogP contribution in [0, 0.1) is 0 Å². The molecule has 0 aromatic rings. The van der Waals surface area contributed by atoms with Gasteiger partial charge in [0.2, 0.25) is 47.3 Å². The van der Waals surface area contributed by atoms with E-state index in [2.05, 4.69) is 16.0 Å². The molecule has 56 heteroatoms. The van der Waals surface area contributed by atoms with E-state index < -0.39 is 402 Å². The van der Waals surface area contributed by atoms with Crippen molar-refractivity contribution in [2.75, 3.05) is 170 Å². The number of hydrogen-bond donors (Lipinski definition) is 28. The van der Waals surface area contributed by atoms with E-state index in [9.17, 15) is 147 Å². The number of amides is 10.